The normalized spacial score (nSPS) is 15.2. The van der Waals surface area contributed by atoms with Gasteiger partial charge in [-0.1, -0.05) is 37.6 Å². The molecule has 174 valence electrons. The third-order valence-corrected chi connectivity index (χ3v) is 5.60. The number of aromatic nitrogens is 1. The Labute approximate surface area is 197 Å². The zero-order valence-electron chi connectivity index (χ0n) is 20.0. The van der Waals surface area contributed by atoms with Gasteiger partial charge in [0.25, 0.3) is 5.91 Å². The van der Waals surface area contributed by atoms with Gasteiger partial charge in [-0.25, -0.2) is 0 Å². The number of carbonyl (C=O) groups is 1. The molecule has 1 fully saturated rings. The smallest absolute Gasteiger partial charge is 0.250 e. The van der Waals surface area contributed by atoms with E-state index in [1.807, 2.05) is 44.3 Å². The van der Waals surface area contributed by atoms with Crippen molar-refractivity contribution in [2.24, 2.45) is 0 Å². The largest absolute Gasteiger partial charge is 0.378 e. The molecular weight excluding hydrogens is 410 g/mol. The lowest BCUT2D eigenvalue weighted by Gasteiger charge is -2.29. The van der Waals surface area contributed by atoms with E-state index < -0.39 is 0 Å². The molecule has 5 nitrogen and oxygen atoms in total. The van der Waals surface area contributed by atoms with E-state index in [4.69, 9.17) is 4.74 Å². The number of amides is 1. The Hall–Kier alpha value is -3.18. The van der Waals surface area contributed by atoms with Gasteiger partial charge in [0.05, 0.1) is 18.9 Å². The van der Waals surface area contributed by atoms with Crippen molar-refractivity contribution in [2.75, 3.05) is 37.7 Å². The number of benzene rings is 1. The van der Waals surface area contributed by atoms with Crippen molar-refractivity contribution in [1.82, 2.24) is 10.3 Å². The van der Waals surface area contributed by atoms with Gasteiger partial charge in [-0.05, 0) is 73.4 Å². The number of hydrogen-bond acceptors (Lipinski definition) is 4. The van der Waals surface area contributed by atoms with Crippen LogP contribution in [0.2, 0.25) is 0 Å². The molecule has 1 N–H and O–H groups in total. The molecule has 0 bridgehead atoms. The van der Waals surface area contributed by atoms with E-state index in [9.17, 15) is 4.79 Å². The van der Waals surface area contributed by atoms with E-state index in [0.29, 0.717) is 12.1 Å². The van der Waals surface area contributed by atoms with Gasteiger partial charge in [0.15, 0.2) is 0 Å². The fraction of sp³-hybridized carbons (Fsp3) is 0.357. The molecule has 0 atom stereocenters. The van der Waals surface area contributed by atoms with Gasteiger partial charge >= 0.3 is 0 Å². The zero-order chi connectivity index (χ0) is 23.5. The number of nitrogens with zero attached hydrogens (tertiary/aromatic N) is 2. The Morgan fingerprint density at radius 1 is 1.15 bits per heavy atom. The summed E-state index contributed by atoms with van der Waals surface area (Å²) >= 11 is 0. The van der Waals surface area contributed by atoms with Crippen molar-refractivity contribution in [3.8, 4) is 0 Å². The van der Waals surface area contributed by atoms with Crippen LogP contribution in [0.15, 0.2) is 60.3 Å². The first-order valence-corrected chi connectivity index (χ1v) is 11.9. The quantitative estimate of drug-likeness (QED) is 0.417. The van der Waals surface area contributed by atoms with Crippen LogP contribution in [0.3, 0.4) is 0 Å². The van der Waals surface area contributed by atoms with Gasteiger partial charge < -0.3 is 15.0 Å². The molecule has 3 rings (SSSR count). The molecule has 1 aromatic carbocycles. The van der Waals surface area contributed by atoms with Crippen LogP contribution in [0.5, 0.6) is 0 Å². The van der Waals surface area contributed by atoms with E-state index in [-0.39, 0.29) is 5.91 Å². The molecule has 2 heterocycles. The van der Waals surface area contributed by atoms with E-state index in [1.54, 1.807) is 0 Å². The summed E-state index contributed by atoms with van der Waals surface area (Å²) in [6.45, 7) is 10.00. The second kappa shape index (κ2) is 12.8. The van der Waals surface area contributed by atoms with Gasteiger partial charge in [-0.3, -0.25) is 9.78 Å². The highest BCUT2D eigenvalue weighted by Crippen LogP contribution is 2.24. The Morgan fingerprint density at radius 3 is 2.70 bits per heavy atom. The fourth-order valence-electron chi connectivity index (χ4n) is 3.87. The molecule has 0 spiro atoms. The molecule has 1 amide bonds. The highest BCUT2D eigenvalue weighted by atomic mass is 16.5. The fourth-order valence-corrected chi connectivity index (χ4v) is 3.87. The Bertz CT molecular complexity index is 1020. The SMILES string of the molecule is C/C=C(\C=C(/CCC)c1ccnc(/C=C/c2cccc(N3CCOCC3)c2)c1)C(=O)NCC. The third kappa shape index (κ3) is 7.16. The Kier molecular flexibility index (Phi) is 9.45. The van der Waals surface area contributed by atoms with Crippen molar-refractivity contribution in [3.05, 3.63) is 77.1 Å². The molecular formula is C28H35N3O2. The molecule has 0 radical (unpaired) electrons. The highest BCUT2D eigenvalue weighted by Gasteiger charge is 2.11. The second-order valence-electron chi connectivity index (χ2n) is 8.02. The van der Waals surface area contributed by atoms with Crippen LogP contribution in [0.25, 0.3) is 17.7 Å². The molecule has 0 saturated carbocycles. The molecule has 1 aromatic heterocycles. The number of morpholine rings is 1. The van der Waals surface area contributed by atoms with Crippen LogP contribution in [-0.4, -0.2) is 43.7 Å². The number of carbonyl (C=O) groups excluding carboxylic acids is 1. The van der Waals surface area contributed by atoms with Crippen LogP contribution < -0.4 is 10.2 Å². The van der Waals surface area contributed by atoms with Crippen molar-refractivity contribution in [2.45, 2.75) is 33.6 Å². The number of rotatable bonds is 9. The molecule has 0 aliphatic carbocycles. The molecule has 1 aliphatic rings. The summed E-state index contributed by atoms with van der Waals surface area (Å²) in [5.41, 5.74) is 6.18. The van der Waals surface area contributed by atoms with Crippen molar-refractivity contribution >= 4 is 29.3 Å². The molecule has 1 aliphatic heterocycles. The topological polar surface area (TPSA) is 54.5 Å². The number of anilines is 1. The van der Waals surface area contributed by atoms with E-state index in [1.165, 1.54) is 5.69 Å². The number of nitrogens with one attached hydrogen (secondary N) is 1. The average Bonchev–Trinajstić information content (AvgIpc) is 2.86. The van der Waals surface area contributed by atoms with Crippen LogP contribution >= 0.6 is 0 Å². The molecule has 0 unspecified atom stereocenters. The van der Waals surface area contributed by atoms with Crippen LogP contribution in [0.1, 0.15) is 50.4 Å². The summed E-state index contributed by atoms with van der Waals surface area (Å²) in [7, 11) is 0. The standard InChI is InChI=1S/C28H35N3O2/c1-4-8-24(20-23(5-2)28(32)29-6-3)25-13-14-30-26(21-25)12-11-22-9-7-10-27(19-22)31-15-17-33-18-16-31/h5,7,9-14,19-21H,4,6,8,15-18H2,1-3H3,(H,29,32)/b12-11+,23-5+,24-20+. The van der Waals surface area contributed by atoms with Crippen molar-refractivity contribution < 1.29 is 9.53 Å². The minimum atomic E-state index is -0.0390. The second-order valence-corrected chi connectivity index (χ2v) is 8.02. The van der Waals surface area contributed by atoms with Crippen LogP contribution in [0, 0.1) is 0 Å². The maximum absolute atomic E-state index is 12.4. The summed E-state index contributed by atoms with van der Waals surface area (Å²) in [6.07, 6.45) is 11.8. The van der Waals surface area contributed by atoms with Crippen LogP contribution in [-0.2, 0) is 9.53 Å². The number of likely N-dealkylation sites (N-methyl/N-ethyl adjacent to an activating group) is 1. The predicted octanol–water partition coefficient (Wildman–Crippen LogP) is 5.35. The van der Waals surface area contributed by atoms with Gasteiger partial charge in [-0.15, -0.1) is 0 Å². The van der Waals surface area contributed by atoms with Crippen molar-refractivity contribution in [1.29, 1.82) is 0 Å². The monoisotopic (exact) mass is 445 g/mol. The lowest BCUT2D eigenvalue weighted by molar-refractivity contribution is -0.117. The number of allylic oxidation sites excluding steroid dienone is 2. The van der Waals surface area contributed by atoms with Gasteiger partial charge in [0, 0.05) is 37.1 Å². The first-order chi connectivity index (χ1) is 16.1. The minimum absolute atomic E-state index is 0.0390. The zero-order valence-corrected chi connectivity index (χ0v) is 20.0. The van der Waals surface area contributed by atoms with E-state index >= 15 is 0 Å². The van der Waals surface area contributed by atoms with Gasteiger partial charge in [-0.2, -0.15) is 0 Å². The first-order valence-electron chi connectivity index (χ1n) is 11.9. The first kappa shape index (κ1) is 24.5. The molecule has 33 heavy (non-hydrogen) atoms. The summed E-state index contributed by atoms with van der Waals surface area (Å²) in [5, 5.41) is 2.89. The van der Waals surface area contributed by atoms with E-state index in [2.05, 4.69) is 58.5 Å². The average molecular weight is 446 g/mol. The Morgan fingerprint density at radius 2 is 1.97 bits per heavy atom. The maximum atomic E-state index is 12.4. The maximum Gasteiger partial charge on any atom is 0.250 e. The predicted molar refractivity (Wildman–Crippen MR) is 138 cm³/mol. The summed E-state index contributed by atoms with van der Waals surface area (Å²) < 4.78 is 5.47. The Balaban J connectivity index is 1.81. The summed E-state index contributed by atoms with van der Waals surface area (Å²) in [5.74, 6) is -0.0390. The van der Waals surface area contributed by atoms with Gasteiger partial charge in [0.1, 0.15) is 0 Å². The third-order valence-electron chi connectivity index (χ3n) is 5.60. The van der Waals surface area contributed by atoms with Gasteiger partial charge in [0.2, 0.25) is 0 Å². The summed E-state index contributed by atoms with van der Waals surface area (Å²) in [4.78, 5) is 19.3. The minimum Gasteiger partial charge on any atom is -0.378 e. The van der Waals surface area contributed by atoms with Crippen LogP contribution in [0.4, 0.5) is 5.69 Å². The van der Waals surface area contributed by atoms with Crippen molar-refractivity contribution in [3.63, 3.8) is 0 Å². The lowest BCUT2D eigenvalue weighted by atomic mass is 9.98. The molecule has 2 aromatic rings. The lowest BCUT2D eigenvalue weighted by Crippen LogP contribution is -2.36. The molecule has 5 heteroatoms. The number of pyridine rings is 1. The highest BCUT2D eigenvalue weighted by molar-refractivity contribution is 5.98. The number of ether oxygens (including phenoxy) is 1. The molecule has 1 saturated heterocycles. The summed E-state index contributed by atoms with van der Waals surface area (Å²) in [6, 6.07) is 12.7. The van der Waals surface area contributed by atoms with E-state index in [0.717, 1.165) is 61.5 Å². The number of hydrogen-bond donors (Lipinski definition) is 1.